The van der Waals surface area contributed by atoms with Crippen molar-refractivity contribution in [2.24, 2.45) is 11.7 Å². The number of rotatable bonds is 7. The largest absolute Gasteiger partial charge is 0.381 e. The van der Waals surface area contributed by atoms with E-state index in [0.717, 1.165) is 19.4 Å². The van der Waals surface area contributed by atoms with Crippen LogP contribution in [0.2, 0.25) is 0 Å². The van der Waals surface area contributed by atoms with E-state index >= 15 is 0 Å². The van der Waals surface area contributed by atoms with Gasteiger partial charge in [0.1, 0.15) is 0 Å². The van der Waals surface area contributed by atoms with Crippen molar-refractivity contribution in [2.45, 2.75) is 70.1 Å². The second-order valence-electron chi connectivity index (χ2n) is 8.17. The Bertz CT molecular complexity index is 595. The van der Waals surface area contributed by atoms with Crippen LogP contribution in [0.25, 0.3) is 0 Å². The third-order valence-electron chi connectivity index (χ3n) is 6.27. The van der Waals surface area contributed by atoms with Gasteiger partial charge in [0.05, 0.1) is 6.04 Å². The molecule has 0 spiro atoms. The van der Waals surface area contributed by atoms with Gasteiger partial charge in [-0.3, -0.25) is 9.69 Å². The number of hydrogen-bond donors (Lipinski definition) is 2. The second-order valence-corrected chi connectivity index (χ2v) is 8.17. The molecule has 1 unspecified atom stereocenters. The van der Waals surface area contributed by atoms with E-state index in [1.807, 2.05) is 6.07 Å². The Balaban J connectivity index is 1.54. The number of amides is 1. The summed E-state index contributed by atoms with van der Waals surface area (Å²) in [6.45, 7) is 2.90. The van der Waals surface area contributed by atoms with Crippen molar-refractivity contribution >= 4 is 5.91 Å². The molecule has 1 aromatic carbocycles. The third kappa shape index (κ3) is 5.77. The molecule has 3 rings (SSSR count). The first-order valence-electron chi connectivity index (χ1n) is 10.5. The molecule has 0 radical (unpaired) electrons. The summed E-state index contributed by atoms with van der Waals surface area (Å²) in [6, 6.07) is 8.67. The molecule has 1 saturated heterocycles. The molecule has 0 bridgehead atoms. The van der Waals surface area contributed by atoms with E-state index in [1.165, 1.54) is 43.2 Å². The summed E-state index contributed by atoms with van der Waals surface area (Å²) < 4.78 is 5.37. The van der Waals surface area contributed by atoms with Crippen LogP contribution in [0.5, 0.6) is 0 Å². The fourth-order valence-electron chi connectivity index (χ4n) is 4.39. The molecule has 1 amide bonds. The summed E-state index contributed by atoms with van der Waals surface area (Å²) in [7, 11) is 2.23. The molecule has 2 fully saturated rings. The van der Waals surface area contributed by atoms with E-state index in [-0.39, 0.29) is 11.8 Å². The molecule has 5 heteroatoms. The smallest absolute Gasteiger partial charge is 0.237 e. The summed E-state index contributed by atoms with van der Waals surface area (Å²) in [5, 5.41) is 3.07. The van der Waals surface area contributed by atoms with Crippen LogP contribution in [0.15, 0.2) is 24.3 Å². The molecule has 0 aromatic heterocycles. The van der Waals surface area contributed by atoms with Gasteiger partial charge in [-0.25, -0.2) is 0 Å². The van der Waals surface area contributed by atoms with E-state index in [1.54, 1.807) is 0 Å². The maximum Gasteiger partial charge on any atom is 0.237 e. The zero-order valence-corrected chi connectivity index (χ0v) is 16.7. The van der Waals surface area contributed by atoms with E-state index in [0.29, 0.717) is 25.8 Å². The van der Waals surface area contributed by atoms with Crippen molar-refractivity contribution in [1.29, 1.82) is 0 Å². The maximum atomic E-state index is 12.5. The normalized spacial score (nSPS) is 20.6. The highest BCUT2D eigenvalue weighted by Crippen LogP contribution is 2.24. The predicted molar refractivity (Wildman–Crippen MR) is 108 cm³/mol. The van der Waals surface area contributed by atoms with E-state index in [4.69, 9.17) is 10.5 Å². The van der Waals surface area contributed by atoms with Gasteiger partial charge in [-0.05, 0) is 49.8 Å². The molecule has 150 valence electrons. The first kappa shape index (κ1) is 20.3. The SMILES string of the molecule is CN(Cc1ccccc1CNC(=O)C(N)C1CCOCC1)C1CCCCC1. The number of ether oxygens (including phenoxy) is 1. The van der Waals surface area contributed by atoms with Gasteiger partial charge in [-0.1, -0.05) is 43.5 Å². The standard InChI is InChI=1S/C22H35N3O2/c1-25(20-9-3-2-4-10-20)16-19-8-6-5-7-18(19)15-24-22(26)21(23)17-11-13-27-14-12-17/h5-8,17,20-21H,2-4,9-16,23H2,1H3,(H,24,26). The quantitative estimate of drug-likeness (QED) is 0.771. The van der Waals surface area contributed by atoms with Crippen molar-refractivity contribution in [3.8, 4) is 0 Å². The number of nitrogens with one attached hydrogen (secondary N) is 1. The summed E-state index contributed by atoms with van der Waals surface area (Å²) in [5.41, 5.74) is 8.68. The van der Waals surface area contributed by atoms with Crippen LogP contribution in [0, 0.1) is 5.92 Å². The van der Waals surface area contributed by atoms with E-state index < -0.39 is 6.04 Å². The Morgan fingerprint density at radius 2 is 1.81 bits per heavy atom. The molecule has 3 N–H and O–H groups in total. The highest BCUT2D eigenvalue weighted by molar-refractivity contribution is 5.81. The number of nitrogens with zero attached hydrogens (tertiary/aromatic N) is 1. The zero-order chi connectivity index (χ0) is 19.1. The lowest BCUT2D eigenvalue weighted by Gasteiger charge is -2.31. The number of benzene rings is 1. The Kier molecular flexibility index (Phi) is 7.68. The monoisotopic (exact) mass is 373 g/mol. The van der Waals surface area contributed by atoms with Gasteiger partial charge in [-0.15, -0.1) is 0 Å². The highest BCUT2D eigenvalue weighted by atomic mass is 16.5. The van der Waals surface area contributed by atoms with Gasteiger partial charge >= 0.3 is 0 Å². The molecular weight excluding hydrogens is 338 g/mol. The van der Waals surface area contributed by atoms with Crippen LogP contribution in [-0.2, 0) is 22.6 Å². The van der Waals surface area contributed by atoms with Gasteiger partial charge in [-0.2, -0.15) is 0 Å². The molecule has 1 aliphatic heterocycles. The fraction of sp³-hybridized carbons (Fsp3) is 0.682. The topological polar surface area (TPSA) is 67.6 Å². The van der Waals surface area contributed by atoms with Crippen LogP contribution < -0.4 is 11.1 Å². The average Bonchev–Trinajstić information content (AvgIpc) is 2.73. The summed E-state index contributed by atoms with van der Waals surface area (Å²) in [5.74, 6) is 0.184. The molecule has 27 heavy (non-hydrogen) atoms. The summed E-state index contributed by atoms with van der Waals surface area (Å²) in [6.07, 6.45) is 8.41. The van der Waals surface area contributed by atoms with Crippen LogP contribution >= 0.6 is 0 Å². The Morgan fingerprint density at radius 3 is 2.52 bits per heavy atom. The van der Waals surface area contributed by atoms with Crippen molar-refractivity contribution in [1.82, 2.24) is 10.2 Å². The van der Waals surface area contributed by atoms with Gasteiger partial charge in [0.15, 0.2) is 0 Å². The summed E-state index contributed by atoms with van der Waals surface area (Å²) >= 11 is 0. The molecule has 1 aliphatic carbocycles. The van der Waals surface area contributed by atoms with Gasteiger partial charge in [0, 0.05) is 32.3 Å². The molecule has 5 nitrogen and oxygen atoms in total. The van der Waals surface area contributed by atoms with Gasteiger partial charge < -0.3 is 15.8 Å². The lowest BCUT2D eigenvalue weighted by Crippen LogP contribution is -2.46. The highest BCUT2D eigenvalue weighted by Gasteiger charge is 2.26. The van der Waals surface area contributed by atoms with Crippen molar-refractivity contribution in [3.05, 3.63) is 35.4 Å². The lowest BCUT2D eigenvalue weighted by atomic mass is 9.92. The van der Waals surface area contributed by atoms with Crippen molar-refractivity contribution in [2.75, 3.05) is 20.3 Å². The molecule has 1 saturated carbocycles. The third-order valence-corrected chi connectivity index (χ3v) is 6.27. The predicted octanol–water partition coefficient (Wildman–Crippen LogP) is 2.82. The Morgan fingerprint density at radius 1 is 1.15 bits per heavy atom. The van der Waals surface area contributed by atoms with E-state index in [2.05, 4.69) is 35.5 Å². The zero-order valence-electron chi connectivity index (χ0n) is 16.7. The minimum absolute atomic E-state index is 0.0441. The lowest BCUT2D eigenvalue weighted by molar-refractivity contribution is -0.124. The maximum absolute atomic E-state index is 12.5. The Hall–Kier alpha value is -1.43. The minimum Gasteiger partial charge on any atom is -0.381 e. The number of hydrogen-bond acceptors (Lipinski definition) is 4. The second kappa shape index (κ2) is 10.2. The molecule has 2 aliphatic rings. The molecule has 1 aromatic rings. The van der Waals surface area contributed by atoms with E-state index in [9.17, 15) is 4.79 Å². The number of nitrogens with two attached hydrogens (primary N) is 1. The van der Waals surface area contributed by atoms with Crippen molar-refractivity contribution in [3.63, 3.8) is 0 Å². The Labute approximate surface area is 163 Å². The number of carbonyl (C=O) groups is 1. The number of carbonyl (C=O) groups excluding carboxylic acids is 1. The van der Waals surface area contributed by atoms with Gasteiger partial charge in [0.2, 0.25) is 5.91 Å². The average molecular weight is 374 g/mol. The van der Waals surface area contributed by atoms with Crippen LogP contribution in [0.1, 0.15) is 56.1 Å². The van der Waals surface area contributed by atoms with Crippen LogP contribution in [0.4, 0.5) is 0 Å². The minimum atomic E-state index is -0.439. The van der Waals surface area contributed by atoms with Crippen LogP contribution in [-0.4, -0.2) is 43.2 Å². The molecular formula is C22H35N3O2. The molecule has 1 atom stereocenters. The van der Waals surface area contributed by atoms with Crippen LogP contribution in [0.3, 0.4) is 0 Å². The summed E-state index contributed by atoms with van der Waals surface area (Å²) in [4.78, 5) is 15.0. The fourth-order valence-corrected chi connectivity index (χ4v) is 4.39. The van der Waals surface area contributed by atoms with Crippen molar-refractivity contribution < 1.29 is 9.53 Å². The molecule has 1 heterocycles. The first-order valence-corrected chi connectivity index (χ1v) is 10.5. The first-order chi connectivity index (χ1) is 13.1. The van der Waals surface area contributed by atoms with Gasteiger partial charge in [0.25, 0.3) is 0 Å².